The Morgan fingerprint density at radius 1 is 1.29 bits per heavy atom. The molecule has 0 aliphatic carbocycles. The number of fused-ring (bicyclic) bond motifs is 1. The average Bonchev–Trinajstić information content (AvgIpc) is 2.52. The number of amides is 1. The molecule has 6 heteroatoms. The molecular weight excluding hydrogens is 324 g/mol. The SMILES string of the molecule is C=C1CC[C@@H]2CN(C(=O)CCCS(C)(=O)=O)CC[C@@H]2N1CCCC. The number of allylic oxidation sites excluding steroid dienone is 1. The molecule has 0 radical (unpaired) electrons. The van der Waals surface area contributed by atoms with Crippen molar-refractivity contribution >= 4 is 15.7 Å². The fourth-order valence-corrected chi connectivity index (χ4v) is 4.64. The van der Waals surface area contributed by atoms with Crippen LogP contribution in [0, 0.1) is 5.92 Å². The lowest BCUT2D eigenvalue weighted by atomic mass is 9.82. The zero-order valence-electron chi connectivity index (χ0n) is 15.2. The standard InChI is InChI=1S/C18H32N2O3S/c1-4-5-11-20-15(2)8-9-16-14-19(12-10-17(16)20)18(21)7-6-13-24(3,22)23/h16-17H,2,4-14H2,1,3H3/t16-,17+/m1/s1. The summed E-state index contributed by atoms with van der Waals surface area (Å²) >= 11 is 0. The Balaban J connectivity index is 1.87. The first kappa shape index (κ1) is 19.3. The monoisotopic (exact) mass is 356 g/mol. The van der Waals surface area contributed by atoms with E-state index in [-0.39, 0.29) is 11.7 Å². The van der Waals surface area contributed by atoms with E-state index in [2.05, 4.69) is 18.4 Å². The Morgan fingerprint density at radius 2 is 2.04 bits per heavy atom. The number of carbonyl (C=O) groups is 1. The first-order chi connectivity index (χ1) is 11.3. The molecule has 1 amide bonds. The average molecular weight is 357 g/mol. The molecule has 2 rings (SSSR count). The van der Waals surface area contributed by atoms with E-state index in [4.69, 9.17) is 0 Å². The van der Waals surface area contributed by atoms with E-state index in [1.165, 1.54) is 24.8 Å². The van der Waals surface area contributed by atoms with Crippen molar-refractivity contribution in [1.29, 1.82) is 0 Å². The van der Waals surface area contributed by atoms with Crippen molar-refractivity contribution in [2.75, 3.05) is 31.6 Å². The molecule has 2 aliphatic heterocycles. The van der Waals surface area contributed by atoms with Gasteiger partial charge in [-0.1, -0.05) is 19.9 Å². The molecule has 0 aromatic carbocycles. The van der Waals surface area contributed by atoms with Gasteiger partial charge in [0.25, 0.3) is 0 Å². The molecule has 138 valence electrons. The van der Waals surface area contributed by atoms with Gasteiger partial charge in [0.2, 0.25) is 5.91 Å². The number of carbonyl (C=O) groups excluding carboxylic acids is 1. The van der Waals surface area contributed by atoms with Crippen LogP contribution in [0.1, 0.15) is 51.9 Å². The van der Waals surface area contributed by atoms with Gasteiger partial charge in [-0.05, 0) is 38.0 Å². The van der Waals surface area contributed by atoms with Crippen molar-refractivity contribution in [2.45, 2.75) is 57.9 Å². The molecule has 0 N–H and O–H groups in total. The number of nitrogens with zero attached hydrogens (tertiary/aromatic N) is 2. The fourth-order valence-electron chi connectivity index (χ4n) is 3.97. The van der Waals surface area contributed by atoms with Gasteiger partial charge in [0.15, 0.2) is 0 Å². The minimum atomic E-state index is -2.98. The molecule has 0 bridgehead atoms. The highest BCUT2D eigenvalue weighted by molar-refractivity contribution is 7.90. The second kappa shape index (κ2) is 8.37. The minimum absolute atomic E-state index is 0.100. The Labute approximate surface area is 147 Å². The maximum atomic E-state index is 12.4. The molecule has 2 fully saturated rings. The molecule has 2 atom stereocenters. The molecule has 0 unspecified atom stereocenters. The summed E-state index contributed by atoms with van der Waals surface area (Å²) in [6, 6.07) is 0.526. The van der Waals surface area contributed by atoms with E-state index in [1.807, 2.05) is 4.90 Å². The topological polar surface area (TPSA) is 57.7 Å². The zero-order chi connectivity index (χ0) is 17.7. The molecule has 2 saturated heterocycles. The summed E-state index contributed by atoms with van der Waals surface area (Å²) in [6.45, 7) is 9.14. The highest BCUT2D eigenvalue weighted by Crippen LogP contribution is 2.35. The molecule has 2 heterocycles. The molecule has 24 heavy (non-hydrogen) atoms. The first-order valence-electron chi connectivity index (χ1n) is 9.21. The maximum Gasteiger partial charge on any atom is 0.222 e. The molecule has 0 aromatic heterocycles. The van der Waals surface area contributed by atoms with Crippen molar-refractivity contribution < 1.29 is 13.2 Å². The number of likely N-dealkylation sites (tertiary alicyclic amines) is 2. The zero-order valence-corrected chi connectivity index (χ0v) is 16.0. The number of piperidine rings is 2. The highest BCUT2D eigenvalue weighted by atomic mass is 32.2. The van der Waals surface area contributed by atoms with Gasteiger partial charge in [-0.3, -0.25) is 4.79 Å². The lowest BCUT2D eigenvalue weighted by Crippen LogP contribution is -2.54. The summed E-state index contributed by atoms with van der Waals surface area (Å²) in [5.41, 5.74) is 1.26. The third kappa shape index (κ3) is 5.23. The number of hydrogen-bond acceptors (Lipinski definition) is 4. The van der Waals surface area contributed by atoms with Crippen molar-refractivity contribution in [2.24, 2.45) is 5.92 Å². The predicted octanol–water partition coefficient (Wildman–Crippen LogP) is 2.44. The van der Waals surface area contributed by atoms with Gasteiger partial charge in [-0.15, -0.1) is 0 Å². The van der Waals surface area contributed by atoms with Crippen molar-refractivity contribution in [3.8, 4) is 0 Å². The van der Waals surface area contributed by atoms with Crippen LogP contribution in [-0.4, -0.2) is 61.8 Å². The largest absolute Gasteiger partial charge is 0.372 e. The first-order valence-corrected chi connectivity index (χ1v) is 11.3. The van der Waals surface area contributed by atoms with Gasteiger partial charge < -0.3 is 9.80 Å². The Hall–Kier alpha value is -1.04. The molecule has 0 saturated carbocycles. The van der Waals surface area contributed by atoms with Gasteiger partial charge in [-0.2, -0.15) is 0 Å². The minimum Gasteiger partial charge on any atom is -0.372 e. The van der Waals surface area contributed by atoms with Crippen LogP contribution in [0.3, 0.4) is 0 Å². The normalized spacial score (nSPS) is 24.8. The number of sulfone groups is 1. The quantitative estimate of drug-likeness (QED) is 0.703. The second-order valence-electron chi connectivity index (χ2n) is 7.34. The van der Waals surface area contributed by atoms with Crippen molar-refractivity contribution in [3.63, 3.8) is 0 Å². The van der Waals surface area contributed by atoms with Crippen LogP contribution in [0.5, 0.6) is 0 Å². The van der Waals surface area contributed by atoms with E-state index in [0.717, 1.165) is 38.9 Å². The van der Waals surface area contributed by atoms with Crippen molar-refractivity contribution in [1.82, 2.24) is 9.80 Å². The summed E-state index contributed by atoms with van der Waals surface area (Å²) in [7, 11) is -2.98. The lowest BCUT2D eigenvalue weighted by Gasteiger charge is -2.49. The summed E-state index contributed by atoms with van der Waals surface area (Å²) in [5, 5.41) is 0. The summed E-state index contributed by atoms with van der Waals surface area (Å²) in [5.74, 6) is 0.741. The second-order valence-corrected chi connectivity index (χ2v) is 9.60. The Bertz CT molecular complexity index is 559. The van der Waals surface area contributed by atoms with Crippen LogP contribution < -0.4 is 0 Å². The highest BCUT2D eigenvalue weighted by Gasteiger charge is 2.37. The predicted molar refractivity (Wildman–Crippen MR) is 97.4 cm³/mol. The van der Waals surface area contributed by atoms with E-state index < -0.39 is 9.84 Å². The molecule has 0 aromatic rings. The van der Waals surface area contributed by atoms with E-state index in [1.54, 1.807) is 0 Å². The van der Waals surface area contributed by atoms with Gasteiger partial charge in [0, 0.05) is 44.0 Å². The van der Waals surface area contributed by atoms with Gasteiger partial charge >= 0.3 is 0 Å². The van der Waals surface area contributed by atoms with Crippen LogP contribution in [0.15, 0.2) is 12.3 Å². The van der Waals surface area contributed by atoms with Crippen LogP contribution >= 0.6 is 0 Å². The number of unbranched alkanes of at least 4 members (excludes halogenated alkanes) is 1. The fraction of sp³-hybridized carbons (Fsp3) is 0.833. The smallest absolute Gasteiger partial charge is 0.222 e. The number of rotatable bonds is 7. The third-order valence-electron chi connectivity index (χ3n) is 5.32. The molecule has 0 spiro atoms. The Morgan fingerprint density at radius 3 is 2.71 bits per heavy atom. The van der Waals surface area contributed by atoms with Gasteiger partial charge in [0.05, 0.1) is 5.75 Å². The van der Waals surface area contributed by atoms with Crippen LogP contribution in [0.4, 0.5) is 0 Å². The van der Waals surface area contributed by atoms with E-state index in [9.17, 15) is 13.2 Å². The summed E-state index contributed by atoms with van der Waals surface area (Å²) in [4.78, 5) is 16.8. The maximum absolute atomic E-state index is 12.4. The van der Waals surface area contributed by atoms with Crippen LogP contribution in [-0.2, 0) is 14.6 Å². The summed E-state index contributed by atoms with van der Waals surface area (Å²) < 4.78 is 22.4. The van der Waals surface area contributed by atoms with Crippen LogP contribution in [0.2, 0.25) is 0 Å². The van der Waals surface area contributed by atoms with E-state index >= 15 is 0 Å². The summed E-state index contributed by atoms with van der Waals surface area (Å²) in [6.07, 6.45) is 7.52. The van der Waals surface area contributed by atoms with Gasteiger partial charge in [0.1, 0.15) is 9.84 Å². The molecular formula is C18H32N2O3S. The Kier molecular flexibility index (Phi) is 6.72. The van der Waals surface area contributed by atoms with Crippen LogP contribution in [0.25, 0.3) is 0 Å². The molecule has 5 nitrogen and oxygen atoms in total. The molecule has 2 aliphatic rings. The lowest BCUT2D eigenvalue weighted by molar-refractivity contribution is -0.134. The third-order valence-corrected chi connectivity index (χ3v) is 6.35. The van der Waals surface area contributed by atoms with Gasteiger partial charge in [-0.25, -0.2) is 8.42 Å². The van der Waals surface area contributed by atoms with Crippen molar-refractivity contribution in [3.05, 3.63) is 12.3 Å². The number of hydrogen-bond donors (Lipinski definition) is 0. The van der Waals surface area contributed by atoms with E-state index in [0.29, 0.717) is 24.8 Å².